The molecule has 4 heterocycles. The number of hydrogen-bond donors (Lipinski definition) is 4. The first-order chi connectivity index (χ1) is 16.7. The number of rotatable bonds is 3. The Morgan fingerprint density at radius 1 is 0.941 bits per heavy atom. The lowest BCUT2D eigenvalue weighted by Gasteiger charge is -2.27. The van der Waals surface area contributed by atoms with Gasteiger partial charge in [0.25, 0.3) is 5.91 Å². The summed E-state index contributed by atoms with van der Waals surface area (Å²) in [5.41, 5.74) is 8.61. The lowest BCUT2D eigenvalue weighted by atomic mass is 9.95. The third-order valence-electron chi connectivity index (χ3n) is 7.33. The van der Waals surface area contributed by atoms with E-state index in [-0.39, 0.29) is 17.7 Å². The van der Waals surface area contributed by atoms with Gasteiger partial charge in [-0.2, -0.15) is 0 Å². The van der Waals surface area contributed by atoms with Crippen molar-refractivity contribution in [2.45, 2.75) is 25.6 Å². The molecule has 5 aromatic rings. The van der Waals surface area contributed by atoms with Crippen molar-refractivity contribution in [1.82, 2.24) is 20.2 Å². The van der Waals surface area contributed by atoms with E-state index in [4.69, 9.17) is 0 Å². The van der Waals surface area contributed by atoms with Gasteiger partial charge in [0.05, 0.1) is 6.04 Å². The second-order valence-corrected chi connectivity index (χ2v) is 9.33. The minimum absolute atomic E-state index is 0.0994. The molecular formula is C28H24N4O2. The summed E-state index contributed by atoms with van der Waals surface area (Å²) >= 11 is 0. The number of fused-ring (bicyclic) bond motifs is 5. The number of carbonyl (C=O) groups is 1. The number of phenols is 1. The van der Waals surface area contributed by atoms with E-state index in [1.165, 1.54) is 22.2 Å². The maximum Gasteiger partial charge on any atom is 0.252 e. The summed E-state index contributed by atoms with van der Waals surface area (Å²) in [5, 5.41) is 15.7. The van der Waals surface area contributed by atoms with Crippen LogP contribution in [0.4, 0.5) is 0 Å². The average molecular weight is 449 g/mol. The fraction of sp³-hybridized carbons (Fsp3) is 0.179. The molecule has 1 amide bonds. The fourth-order valence-electron chi connectivity index (χ4n) is 5.76. The monoisotopic (exact) mass is 448 g/mol. The van der Waals surface area contributed by atoms with Gasteiger partial charge in [-0.05, 0) is 41.5 Å². The first-order valence-electron chi connectivity index (χ1n) is 11.7. The number of H-pyrrole nitrogens is 2. The van der Waals surface area contributed by atoms with Crippen molar-refractivity contribution in [2.24, 2.45) is 0 Å². The number of benzene rings is 3. The Hall–Kier alpha value is -4.03. The number of aromatic amines is 2. The quantitative estimate of drug-likeness (QED) is 0.322. The van der Waals surface area contributed by atoms with Gasteiger partial charge in [-0.15, -0.1) is 0 Å². The Kier molecular flexibility index (Phi) is 4.14. The van der Waals surface area contributed by atoms with Gasteiger partial charge >= 0.3 is 0 Å². The Labute approximate surface area is 196 Å². The van der Waals surface area contributed by atoms with Crippen molar-refractivity contribution < 1.29 is 9.90 Å². The van der Waals surface area contributed by atoms with Crippen LogP contribution in [0.2, 0.25) is 0 Å². The first-order valence-corrected chi connectivity index (χ1v) is 11.7. The van der Waals surface area contributed by atoms with Gasteiger partial charge in [-0.3, -0.25) is 9.69 Å². The average Bonchev–Trinajstić information content (AvgIpc) is 3.49. The summed E-state index contributed by atoms with van der Waals surface area (Å²) in [6, 6.07) is 21.4. The molecule has 6 nitrogen and oxygen atoms in total. The number of hydrogen-bond acceptors (Lipinski definition) is 3. The molecule has 0 saturated carbocycles. The number of aromatic hydroxyl groups is 1. The third kappa shape index (κ3) is 2.89. The van der Waals surface area contributed by atoms with Gasteiger partial charge in [0.1, 0.15) is 5.75 Å². The smallest absolute Gasteiger partial charge is 0.252 e. The lowest BCUT2D eigenvalue weighted by molar-refractivity contribution is 0.0960. The molecule has 2 aromatic heterocycles. The van der Waals surface area contributed by atoms with Crippen LogP contribution in [0.25, 0.3) is 21.8 Å². The van der Waals surface area contributed by atoms with Crippen molar-refractivity contribution in [3.8, 4) is 5.75 Å². The van der Waals surface area contributed by atoms with Crippen LogP contribution < -0.4 is 5.32 Å². The van der Waals surface area contributed by atoms with Crippen LogP contribution in [0.15, 0.2) is 66.7 Å². The van der Waals surface area contributed by atoms with Crippen molar-refractivity contribution >= 4 is 27.7 Å². The molecule has 1 unspecified atom stereocenters. The van der Waals surface area contributed by atoms with E-state index < -0.39 is 0 Å². The maximum atomic E-state index is 12.7. The van der Waals surface area contributed by atoms with E-state index >= 15 is 0 Å². The van der Waals surface area contributed by atoms with E-state index in [2.05, 4.69) is 56.6 Å². The summed E-state index contributed by atoms with van der Waals surface area (Å²) < 4.78 is 0. The van der Waals surface area contributed by atoms with E-state index in [0.717, 1.165) is 53.8 Å². The Balaban J connectivity index is 1.30. The second kappa shape index (κ2) is 7.23. The maximum absolute atomic E-state index is 12.7. The molecule has 168 valence electrons. The number of aromatic nitrogens is 2. The van der Waals surface area contributed by atoms with Crippen molar-refractivity contribution in [1.29, 1.82) is 0 Å². The Morgan fingerprint density at radius 3 is 2.56 bits per heavy atom. The summed E-state index contributed by atoms with van der Waals surface area (Å²) in [4.78, 5) is 22.4. The molecule has 0 bridgehead atoms. The predicted molar refractivity (Wildman–Crippen MR) is 132 cm³/mol. The van der Waals surface area contributed by atoms with Crippen LogP contribution in [0, 0.1) is 0 Å². The summed E-state index contributed by atoms with van der Waals surface area (Å²) in [6.45, 7) is 2.59. The Morgan fingerprint density at radius 2 is 1.71 bits per heavy atom. The zero-order chi connectivity index (χ0) is 22.8. The number of phenolic OH excluding ortho intramolecular Hbond substituents is 1. The highest BCUT2D eigenvalue weighted by Crippen LogP contribution is 2.39. The molecule has 1 atom stereocenters. The second-order valence-electron chi connectivity index (χ2n) is 9.33. The van der Waals surface area contributed by atoms with Gasteiger partial charge in [0.2, 0.25) is 0 Å². The van der Waals surface area contributed by atoms with E-state index in [1.54, 1.807) is 18.2 Å². The SMILES string of the molecule is O=C1NC(c2c(CN3CCc4[nH]c5ccccc5c4C3)[nH]c3ccccc23)c2cc(O)ccc21. The summed E-state index contributed by atoms with van der Waals surface area (Å²) in [6.07, 6.45) is 0.983. The predicted octanol–water partition coefficient (Wildman–Crippen LogP) is 4.75. The van der Waals surface area contributed by atoms with Gasteiger partial charge in [0.15, 0.2) is 0 Å². The van der Waals surface area contributed by atoms with E-state index in [1.807, 2.05) is 12.1 Å². The fourth-order valence-corrected chi connectivity index (χ4v) is 5.76. The molecule has 3 aromatic carbocycles. The molecule has 0 saturated heterocycles. The van der Waals surface area contributed by atoms with Crippen LogP contribution in [0.1, 0.15) is 44.5 Å². The molecule has 0 radical (unpaired) electrons. The van der Waals surface area contributed by atoms with Crippen LogP contribution in [0.3, 0.4) is 0 Å². The number of nitrogens with zero attached hydrogens (tertiary/aromatic N) is 1. The number of nitrogens with one attached hydrogen (secondary N) is 3. The molecule has 4 N–H and O–H groups in total. The van der Waals surface area contributed by atoms with Crippen molar-refractivity contribution in [3.05, 3.63) is 100 Å². The zero-order valence-electron chi connectivity index (χ0n) is 18.6. The Bertz CT molecular complexity index is 1600. The zero-order valence-corrected chi connectivity index (χ0v) is 18.6. The number of carbonyl (C=O) groups excluding carboxylic acids is 1. The van der Waals surface area contributed by atoms with E-state index in [9.17, 15) is 9.90 Å². The van der Waals surface area contributed by atoms with E-state index in [0.29, 0.717) is 5.56 Å². The molecule has 2 aliphatic rings. The van der Waals surface area contributed by atoms with Crippen LogP contribution in [-0.4, -0.2) is 32.4 Å². The minimum atomic E-state index is -0.297. The van der Waals surface area contributed by atoms with Gasteiger partial charge < -0.3 is 20.4 Å². The molecule has 7 rings (SSSR count). The third-order valence-corrected chi connectivity index (χ3v) is 7.33. The molecule has 34 heavy (non-hydrogen) atoms. The van der Waals surface area contributed by atoms with Crippen LogP contribution in [0.5, 0.6) is 5.75 Å². The largest absolute Gasteiger partial charge is 0.508 e. The molecular weight excluding hydrogens is 424 g/mol. The molecule has 0 aliphatic carbocycles. The van der Waals surface area contributed by atoms with Crippen LogP contribution in [-0.2, 0) is 19.5 Å². The van der Waals surface area contributed by atoms with Crippen molar-refractivity contribution in [3.63, 3.8) is 0 Å². The van der Waals surface area contributed by atoms with Crippen molar-refractivity contribution in [2.75, 3.05) is 6.54 Å². The van der Waals surface area contributed by atoms with Crippen LogP contribution >= 0.6 is 0 Å². The number of amides is 1. The summed E-state index contributed by atoms with van der Waals surface area (Å²) in [5.74, 6) is 0.0715. The molecule has 0 spiro atoms. The summed E-state index contributed by atoms with van der Waals surface area (Å²) in [7, 11) is 0. The lowest BCUT2D eigenvalue weighted by Crippen LogP contribution is -2.31. The van der Waals surface area contributed by atoms with Gasteiger partial charge in [-0.25, -0.2) is 0 Å². The highest BCUT2D eigenvalue weighted by Gasteiger charge is 2.34. The normalized spacial score (nSPS) is 17.8. The topological polar surface area (TPSA) is 84.2 Å². The molecule has 0 fully saturated rings. The standard InChI is InChI=1S/C28H24N4O2/c33-16-9-10-18-20(13-16)27(31-28(18)34)26-19-6-2-4-8-23(19)30-25(26)15-32-12-11-24-21(14-32)17-5-1-3-7-22(17)29-24/h1-10,13,27,29-30,33H,11-12,14-15H2,(H,31,34). The van der Waals surface area contributed by atoms with Gasteiger partial charge in [0, 0.05) is 70.4 Å². The minimum Gasteiger partial charge on any atom is -0.508 e. The van der Waals surface area contributed by atoms with Gasteiger partial charge in [-0.1, -0.05) is 36.4 Å². The molecule has 6 heteroatoms. The number of para-hydroxylation sites is 2. The highest BCUT2D eigenvalue weighted by molar-refractivity contribution is 6.01. The molecule has 2 aliphatic heterocycles. The highest BCUT2D eigenvalue weighted by atomic mass is 16.3. The first kappa shape index (κ1) is 19.4.